The molecule has 92 valence electrons. The number of rotatable bonds is 2. The molecular weight excluding hydrogens is 244 g/mol. The largest absolute Gasteiger partial charge is 0.408 e. The Balaban J connectivity index is 2.13. The van der Waals surface area contributed by atoms with Gasteiger partial charge in [0.1, 0.15) is 0 Å². The van der Waals surface area contributed by atoms with Crippen LogP contribution in [0.25, 0.3) is 0 Å². The van der Waals surface area contributed by atoms with Crippen LogP contribution in [-0.2, 0) is 4.43 Å². The molecule has 0 radical (unpaired) electrons. The average Bonchev–Trinajstić information content (AvgIpc) is 2.45. The summed E-state index contributed by atoms with van der Waals surface area (Å²) in [5.74, 6) is 0. The molecule has 3 heteroatoms. The monoisotopic (exact) mass is 264 g/mol. The minimum absolute atomic E-state index is 0.0719. The zero-order valence-electron chi connectivity index (χ0n) is 11.0. The highest BCUT2D eigenvalue weighted by Gasteiger charge is 2.43. The average molecular weight is 264 g/mol. The van der Waals surface area contributed by atoms with Gasteiger partial charge in [-0.2, -0.15) is 0 Å². The van der Waals surface area contributed by atoms with Crippen LogP contribution in [0.4, 0.5) is 0 Å². The molecule has 1 aromatic carbocycles. The fourth-order valence-electron chi connectivity index (χ4n) is 2.29. The molecule has 1 aromatic rings. The summed E-state index contributed by atoms with van der Waals surface area (Å²) in [6.07, 6.45) is 0. The van der Waals surface area contributed by atoms with Crippen molar-refractivity contribution in [3.63, 3.8) is 0 Å². The fraction of sp³-hybridized carbons (Fsp3) is 0.429. The molecule has 1 aliphatic rings. The molecule has 2 rings (SSSR count). The molecule has 0 amide bonds. The second-order valence-electron chi connectivity index (χ2n) is 5.62. The van der Waals surface area contributed by atoms with E-state index in [1.54, 1.807) is 11.8 Å². The van der Waals surface area contributed by atoms with Gasteiger partial charge in [-0.15, -0.1) is 0 Å². The molecule has 0 aliphatic carbocycles. The Kier molecular flexibility index (Phi) is 3.52. The van der Waals surface area contributed by atoms with E-state index in [4.69, 9.17) is 4.43 Å². The Morgan fingerprint density at radius 2 is 1.88 bits per heavy atom. The van der Waals surface area contributed by atoms with E-state index < -0.39 is 8.32 Å². The number of thioether (sulfide) groups is 1. The smallest absolute Gasteiger partial charge is 0.192 e. The number of hydrogen-bond acceptors (Lipinski definition) is 2. The quantitative estimate of drug-likeness (QED) is 0.567. The molecule has 0 spiro atoms. The Bertz CT molecular complexity index is 423. The van der Waals surface area contributed by atoms with Crippen LogP contribution in [0.1, 0.15) is 13.8 Å². The van der Waals surface area contributed by atoms with Gasteiger partial charge in [-0.3, -0.25) is 0 Å². The van der Waals surface area contributed by atoms with Crippen LogP contribution in [0.15, 0.2) is 46.2 Å². The van der Waals surface area contributed by atoms with Crippen LogP contribution in [0.5, 0.6) is 0 Å². The molecule has 0 N–H and O–H groups in total. The third-order valence-electron chi connectivity index (χ3n) is 3.00. The van der Waals surface area contributed by atoms with Crippen LogP contribution < -0.4 is 0 Å². The third-order valence-corrected chi connectivity index (χ3v) is 6.24. The van der Waals surface area contributed by atoms with Crippen LogP contribution in [0, 0.1) is 0 Å². The molecule has 0 aromatic heterocycles. The van der Waals surface area contributed by atoms with Gasteiger partial charge >= 0.3 is 0 Å². The normalized spacial score (nSPS) is 24.1. The molecule has 0 atom stereocenters. The first-order valence-corrected chi connectivity index (χ1v) is 10.00. The van der Waals surface area contributed by atoms with Gasteiger partial charge in [0, 0.05) is 4.90 Å². The lowest BCUT2D eigenvalue weighted by atomic mass is 10.0. The van der Waals surface area contributed by atoms with E-state index in [9.17, 15) is 0 Å². The summed E-state index contributed by atoms with van der Waals surface area (Å²) in [4.78, 5) is 1.29. The van der Waals surface area contributed by atoms with E-state index in [1.165, 1.54) is 10.5 Å². The minimum Gasteiger partial charge on any atom is -0.408 e. The molecule has 0 unspecified atom stereocenters. The molecule has 17 heavy (non-hydrogen) atoms. The first kappa shape index (κ1) is 12.9. The van der Waals surface area contributed by atoms with E-state index in [0.29, 0.717) is 0 Å². The predicted molar refractivity (Wildman–Crippen MR) is 77.8 cm³/mol. The Labute approximate surface area is 109 Å². The maximum Gasteiger partial charge on any atom is 0.192 e. The molecule has 1 saturated heterocycles. The highest BCUT2D eigenvalue weighted by atomic mass is 32.2. The second-order valence-corrected chi connectivity index (χ2v) is 10.6. The summed E-state index contributed by atoms with van der Waals surface area (Å²) < 4.78 is 6.19. The second kappa shape index (κ2) is 4.63. The molecule has 0 bridgehead atoms. The lowest BCUT2D eigenvalue weighted by Gasteiger charge is -2.23. The van der Waals surface area contributed by atoms with Crippen molar-refractivity contribution < 1.29 is 4.43 Å². The minimum atomic E-state index is -1.46. The van der Waals surface area contributed by atoms with E-state index in [2.05, 4.69) is 62.7 Å². The van der Waals surface area contributed by atoms with Crippen molar-refractivity contribution in [2.24, 2.45) is 0 Å². The molecule has 1 nitrogen and oxygen atoms in total. The van der Waals surface area contributed by atoms with Crippen molar-refractivity contribution >= 4 is 20.1 Å². The molecule has 1 aliphatic heterocycles. The van der Waals surface area contributed by atoms with Crippen molar-refractivity contribution in [3.8, 4) is 0 Å². The van der Waals surface area contributed by atoms with Crippen molar-refractivity contribution in [1.82, 2.24) is 0 Å². The predicted octanol–water partition coefficient (Wildman–Crippen LogP) is 4.68. The molecular formula is C14H20OSSi. The zero-order valence-corrected chi connectivity index (χ0v) is 12.8. The standard InChI is InChI=1S/C14H20OSSi/c1-14(2)12(11-17(3,4)15-14)10-16-13-8-6-5-7-9-13/h5-10H,11H2,1-4H3/b12-10-. The molecule has 1 fully saturated rings. The van der Waals surface area contributed by atoms with Gasteiger partial charge in [-0.05, 0) is 56.1 Å². The van der Waals surface area contributed by atoms with E-state index >= 15 is 0 Å². The van der Waals surface area contributed by atoms with Crippen molar-refractivity contribution in [1.29, 1.82) is 0 Å². The lowest BCUT2D eigenvalue weighted by molar-refractivity contribution is 0.164. The van der Waals surface area contributed by atoms with Crippen molar-refractivity contribution in [3.05, 3.63) is 41.3 Å². The van der Waals surface area contributed by atoms with E-state index in [-0.39, 0.29) is 5.60 Å². The first-order chi connectivity index (χ1) is 7.89. The SMILES string of the molecule is CC1(C)O[Si](C)(C)C/C1=C/Sc1ccccc1. The number of benzene rings is 1. The van der Waals surface area contributed by atoms with Crippen LogP contribution in [0.2, 0.25) is 19.1 Å². The zero-order chi connectivity index (χ0) is 12.5. The molecule has 1 heterocycles. The summed E-state index contributed by atoms with van der Waals surface area (Å²) >= 11 is 1.80. The van der Waals surface area contributed by atoms with Gasteiger partial charge < -0.3 is 4.43 Å². The van der Waals surface area contributed by atoms with Gasteiger partial charge in [0.2, 0.25) is 0 Å². The van der Waals surface area contributed by atoms with Crippen LogP contribution in [-0.4, -0.2) is 13.9 Å². The first-order valence-electron chi connectivity index (χ1n) is 6.00. The van der Waals surface area contributed by atoms with Gasteiger partial charge in [0.05, 0.1) is 5.60 Å². The number of hydrogen-bond donors (Lipinski definition) is 0. The van der Waals surface area contributed by atoms with Gasteiger partial charge in [-0.25, -0.2) is 0 Å². The molecule has 0 saturated carbocycles. The summed E-state index contributed by atoms with van der Waals surface area (Å²) in [7, 11) is -1.46. The van der Waals surface area contributed by atoms with Gasteiger partial charge in [0.25, 0.3) is 0 Å². The topological polar surface area (TPSA) is 9.23 Å². The van der Waals surface area contributed by atoms with Crippen molar-refractivity contribution in [2.45, 2.75) is 43.5 Å². The Morgan fingerprint density at radius 1 is 1.24 bits per heavy atom. The summed E-state index contributed by atoms with van der Waals surface area (Å²) in [5, 5.41) is 2.29. The summed E-state index contributed by atoms with van der Waals surface area (Å²) in [6, 6.07) is 11.7. The third kappa shape index (κ3) is 3.24. The van der Waals surface area contributed by atoms with E-state index in [0.717, 1.165) is 6.04 Å². The lowest BCUT2D eigenvalue weighted by Crippen LogP contribution is -2.30. The van der Waals surface area contributed by atoms with E-state index in [1.807, 2.05) is 0 Å². The Hall–Kier alpha value is -0.513. The maximum atomic E-state index is 6.19. The van der Waals surface area contributed by atoms with Gasteiger partial charge in [-0.1, -0.05) is 30.0 Å². The Morgan fingerprint density at radius 3 is 2.41 bits per heavy atom. The highest BCUT2D eigenvalue weighted by Crippen LogP contribution is 2.41. The van der Waals surface area contributed by atoms with Gasteiger partial charge in [0.15, 0.2) is 8.32 Å². The van der Waals surface area contributed by atoms with Crippen LogP contribution in [0.3, 0.4) is 0 Å². The fourth-order valence-corrected chi connectivity index (χ4v) is 6.42. The highest BCUT2D eigenvalue weighted by molar-refractivity contribution is 8.02. The summed E-state index contributed by atoms with van der Waals surface area (Å²) in [6.45, 7) is 8.96. The van der Waals surface area contributed by atoms with Crippen molar-refractivity contribution in [2.75, 3.05) is 0 Å². The summed E-state index contributed by atoms with van der Waals surface area (Å²) in [5.41, 5.74) is 1.38. The maximum absolute atomic E-state index is 6.19. The van der Waals surface area contributed by atoms with Crippen LogP contribution >= 0.6 is 11.8 Å².